The third-order valence-electron chi connectivity index (χ3n) is 1.79. The summed E-state index contributed by atoms with van der Waals surface area (Å²) in [7, 11) is 1.57. The van der Waals surface area contributed by atoms with E-state index in [0.717, 1.165) is 12.8 Å². The molecule has 0 aromatic carbocycles. The number of hydrogen-bond donors (Lipinski definition) is 2. The molecule has 2 N–H and O–H groups in total. The molecule has 0 aromatic heterocycles. The first-order valence-electron chi connectivity index (χ1n) is 4.60. The summed E-state index contributed by atoms with van der Waals surface area (Å²) in [5, 5.41) is 5.14. The van der Waals surface area contributed by atoms with Crippen molar-refractivity contribution in [1.29, 1.82) is 0 Å². The van der Waals surface area contributed by atoms with Gasteiger partial charge in [0, 0.05) is 14.0 Å². The van der Waals surface area contributed by atoms with Crippen LogP contribution in [0.15, 0.2) is 0 Å². The largest absolute Gasteiger partial charge is 0.357 e. The SMILES string of the molecule is CCCCC(NC(C)=O)C(=O)NC. The quantitative estimate of drug-likeness (QED) is 0.654. The summed E-state index contributed by atoms with van der Waals surface area (Å²) in [5.74, 6) is -0.284. The monoisotopic (exact) mass is 186 g/mol. The van der Waals surface area contributed by atoms with Gasteiger partial charge in [-0.2, -0.15) is 0 Å². The summed E-state index contributed by atoms with van der Waals surface area (Å²) < 4.78 is 0. The van der Waals surface area contributed by atoms with Crippen molar-refractivity contribution in [3.63, 3.8) is 0 Å². The van der Waals surface area contributed by atoms with Crippen LogP contribution < -0.4 is 10.6 Å². The van der Waals surface area contributed by atoms with Gasteiger partial charge in [0.15, 0.2) is 0 Å². The first-order valence-corrected chi connectivity index (χ1v) is 4.60. The molecule has 0 radical (unpaired) electrons. The molecule has 2 amide bonds. The van der Waals surface area contributed by atoms with Gasteiger partial charge in [-0.05, 0) is 6.42 Å². The van der Waals surface area contributed by atoms with E-state index < -0.39 is 0 Å². The Morgan fingerprint density at radius 3 is 2.38 bits per heavy atom. The summed E-state index contributed by atoms with van der Waals surface area (Å²) >= 11 is 0. The van der Waals surface area contributed by atoms with Crippen molar-refractivity contribution < 1.29 is 9.59 Å². The lowest BCUT2D eigenvalue weighted by atomic mass is 10.1. The molecule has 1 unspecified atom stereocenters. The molecular weight excluding hydrogens is 168 g/mol. The third kappa shape index (κ3) is 5.22. The number of nitrogens with one attached hydrogen (secondary N) is 2. The Bertz CT molecular complexity index is 180. The number of carbonyl (C=O) groups excluding carboxylic acids is 2. The summed E-state index contributed by atoms with van der Waals surface area (Å²) in [6.07, 6.45) is 2.67. The Hall–Kier alpha value is -1.06. The zero-order valence-corrected chi connectivity index (χ0v) is 8.52. The van der Waals surface area contributed by atoms with E-state index in [-0.39, 0.29) is 17.9 Å². The average Bonchev–Trinajstić information content (AvgIpc) is 2.10. The second-order valence-corrected chi connectivity index (χ2v) is 3.01. The van der Waals surface area contributed by atoms with E-state index in [4.69, 9.17) is 0 Å². The van der Waals surface area contributed by atoms with E-state index in [1.807, 2.05) is 0 Å². The van der Waals surface area contributed by atoms with Gasteiger partial charge in [-0.25, -0.2) is 0 Å². The van der Waals surface area contributed by atoms with Crippen molar-refractivity contribution in [2.45, 2.75) is 39.2 Å². The van der Waals surface area contributed by atoms with Gasteiger partial charge < -0.3 is 10.6 Å². The predicted octanol–water partition coefficient (Wildman–Crippen LogP) is 0.427. The van der Waals surface area contributed by atoms with Gasteiger partial charge in [-0.1, -0.05) is 19.8 Å². The number of amides is 2. The van der Waals surface area contributed by atoms with E-state index in [1.165, 1.54) is 6.92 Å². The summed E-state index contributed by atoms with van der Waals surface area (Å²) in [4.78, 5) is 22.0. The lowest BCUT2D eigenvalue weighted by molar-refractivity contribution is -0.127. The first kappa shape index (κ1) is 11.9. The molecule has 0 saturated carbocycles. The average molecular weight is 186 g/mol. The van der Waals surface area contributed by atoms with E-state index in [1.54, 1.807) is 7.05 Å². The molecule has 4 heteroatoms. The lowest BCUT2D eigenvalue weighted by Crippen LogP contribution is -2.44. The van der Waals surface area contributed by atoms with Crippen LogP contribution in [0.25, 0.3) is 0 Å². The molecule has 13 heavy (non-hydrogen) atoms. The number of hydrogen-bond acceptors (Lipinski definition) is 2. The van der Waals surface area contributed by atoms with Gasteiger partial charge in [0.2, 0.25) is 11.8 Å². The highest BCUT2D eigenvalue weighted by Crippen LogP contribution is 2.00. The summed E-state index contributed by atoms with van der Waals surface area (Å²) in [6, 6.07) is -0.373. The van der Waals surface area contributed by atoms with Gasteiger partial charge in [0.1, 0.15) is 6.04 Å². The van der Waals surface area contributed by atoms with Crippen molar-refractivity contribution in [3.8, 4) is 0 Å². The fourth-order valence-corrected chi connectivity index (χ4v) is 1.10. The second-order valence-electron chi connectivity index (χ2n) is 3.01. The Balaban J connectivity index is 4.02. The topological polar surface area (TPSA) is 58.2 Å². The maximum absolute atomic E-state index is 11.2. The van der Waals surface area contributed by atoms with Crippen LogP contribution in [0, 0.1) is 0 Å². The summed E-state index contributed by atoms with van der Waals surface area (Å²) in [6.45, 7) is 3.47. The zero-order valence-electron chi connectivity index (χ0n) is 8.52. The Kier molecular flexibility index (Phi) is 5.93. The minimum atomic E-state index is -0.373. The smallest absolute Gasteiger partial charge is 0.242 e. The van der Waals surface area contributed by atoms with Crippen LogP contribution in [0.5, 0.6) is 0 Å². The molecule has 0 heterocycles. The van der Waals surface area contributed by atoms with Crippen molar-refractivity contribution in [2.75, 3.05) is 7.05 Å². The molecule has 0 bridgehead atoms. The molecule has 0 spiro atoms. The Morgan fingerprint density at radius 2 is 2.00 bits per heavy atom. The molecule has 0 saturated heterocycles. The summed E-state index contributed by atoms with van der Waals surface area (Å²) in [5.41, 5.74) is 0. The van der Waals surface area contributed by atoms with Crippen LogP contribution in [-0.2, 0) is 9.59 Å². The standard InChI is InChI=1S/C9H18N2O2/c1-4-5-6-8(9(13)10-3)11-7(2)12/h8H,4-6H2,1-3H3,(H,10,13)(H,11,12). The molecule has 0 aliphatic carbocycles. The fraction of sp³-hybridized carbons (Fsp3) is 0.778. The highest BCUT2D eigenvalue weighted by Gasteiger charge is 2.16. The lowest BCUT2D eigenvalue weighted by Gasteiger charge is -2.15. The molecule has 0 fully saturated rings. The normalized spacial score (nSPS) is 11.9. The fourth-order valence-electron chi connectivity index (χ4n) is 1.10. The number of rotatable bonds is 5. The molecule has 76 valence electrons. The van der Waals surface area contributed by atoms with Crippen molar-refractivity contribution in [1.82, 2.24) is 10.6 Å². The van der Waals surface area contributed by atoms with Crippen molar-refractivity contribution in [2.24, 2.45) is 0 Å². The number of carbonyl (C=O) groups is 2. The van der Waals surface area contributed by atoms with Gasteiger partial charge >= 0.3 is 0 Å². The highest BCUT2D eigenvalue weighted by atomic mass is 16.2. The molecule has 0 aromatic rings. The molecule has 4 nitrogen and oxygen atoms in total. The van der Waals surface area contributed by atoms with E-state index in [9.17, 15) is 9.59 Å². The highest BCUT2D eigenvalue weighted by molar-refractivity contribution is 5.86. The van der Waals surface area contributed by atoms with Gasteiger partial charge in [-0.15, -0.1) is 0 Å². The molecule has 0 aliphatic heterocycles. The van der Waals surface area contributed by atoms with Crippen LogP contribution >= 0.6 is 0 Å². The van der Waals surface area contributed by atoms with Crippen LogP contribution in [0.1, 0.15) is 33.1 Å². The van der Waals surface area contributed by atoms with Crippen molar-refractivity contribution in [3.05, 3.63) is 0 Å². The first-order chi connectivity index (χ1) is 6.11. The van der Waals surface area contributed by atoms with Crippen LogP contribution in [0.4, 0.5) is 0 Å². The van der Waals surface area contributed by atoms with Crippen LogP contribution in [0.2, 0.25) is 0 Å². The van der Waals surface area contributed by atoms with E-state index >= 15 is 0 Å². The van der Waals surface area contributed by atoms with Gasteiger partial charge in [0.05, 0.1) is 0 Å². The van der Waals surface area contributed by atoms with Crippen LogP contribution in [-0.4, -0.2) is 24.9 Å². The predicted molar refractivity (Wildman–Crippen MR) is 51.2 cm³/mol. The van der Waals surface area contributed by atoms with Gasteiger partial charge in [0.25, 0.3) is 0 Å². The minimum Gasteiger partial charge on any atom is -0.357 e. The Labute approximate surface area is 79.1 Å². The molecular formula is C9H18N2O2. The number of unbranched alkanes of at least 4 members (excludes halogenated alkanes) is 1. The third-order valence-corrected chi connectivity index (χ3v) is 1.79. The number of likely N-dealkylation sites (N-methyl/N-ethyl adjacent to an activating group) is 1. The minimum absolute atomic E-state index is 0.122. The maximum Gasteiger partial charge on any atom is 0.242 e. The Morgan fingerprint density at radius 1 is 1.38 bits per heavy atom. The van der Waals surface area contributed by atoms with E-state index in [0.29, 0.717) is 6.42 Å². The van der Waals surface area contributed by atoms with Crippen LogP contribution in [0.3, 0.4) is 0 Å². The second kappa shape index (κ2) is 6.46. The van der Waals surface area contributed by atoms with Gasteiger partial charge in [-0.3, -0.25) is 9.59 Å². The zero-order chi connectivity index (χ0) is 10.3. The van der Waals surface area contributed by atoms with Crippen molar-refractivity contribution >= 4 is 11.8 Å². The molecule has 0 aliphatic rings. The molecule has 1 atom stereocenters. The van der Waals surface area contributed by atoms with E-state index in [2.05, 4.69) is 17.6 Å². The molecule has 0 rings (SSSR count). The maximum atomic E-state index is 11.2.